The Morgan fingerprint density at radius 1 is 1.07 bits per heavy atom. The maximum Gasteiger partial charge on any atom is 0.251 e. The lowest BCUT2D eigenvalue weighted by atomic mass is 10.1. The van der Waals surface area contributed by atoms with Crippen LogP contribution in [0.2, 0.25) is 0 Å². The van der Waals surface area contributed by atoms with E-state index in [4.69, 9.17) is 0 Å². The van der Waals surface area contributed by atoms with Gasteiger partial charge in [-0.2, -0.15) is 0 Å². The van der Waals surface area contributed by atoms with Crippen molar-refractivity contribution in [1.29, 1.82) is 0 Å². The Bertz CT molecular complexity index is 559. The maximum atomic E-state index is 11.7. The van der Waals surface area contributed by atoms with Crippen molar-refractivity contribution in [2.75, 3.05) is 0 Å². The first-order chi connectivity index (χ1) is 6.86. The summed E-state index contributed by atoms with van der Waals surface area (Å²) >= 11 is 0. The van der Waals surface area contributed by atoms with Gasteiger partial charge < -0.3 is 4.98 Å². The number of hydrogen-bond donors (Lipinski definition) is 1. The van der Waals surface area contributed by atoms with E-state index in [1.165, 1.54) is 10.9 Å². The van der Waals surface area contributed by atoms with E-state index in [0.29, 0.717) is 0 Å². The van der Waals surface area contributed by atoms with Crippen molar-refractivity contribution in [1.82, 2.24) is 4.98 Å². The first-order valence-corrected chi connectivity index (χ1v) is 4.99. The number of fused-ring (bicyclic) bond motifs is 3. The molecule has 0 fully saturated rings. The summed E-state index contributed by atoms with van der Waals surface area (Å²) in [4.78, 5) is 14.6. The van der Waals surface area contributed by atoms with E-state index in [9.17, 15) is 4.79 Å². The summed E-state index contributed by atoms with van der Waals surface area (Å²) in [5.74, 6) is 0. The van der Waals surface area contributed by atoms with Crippen LogP contribution in [0, 0.1) is 0 Å². The van der Waals surface area contributed by atoms with Gasteiger partial charge in [0.1, 0.15) is 0 Å². The number of benzene rings is 1. The Morgan fingerprint density at radius 3 is 2.67 bits per heavy atom. The summed E-state index contributed by atoms with van der Waals surface area (Å²) in [6.45, 7) is 0. The van der Waals surface area contributed by atoms with Crippen LogP contribution in [0.3, 0.4) is 0 Å². The predicted octanol–water partition coefficient (Wildman–Crippen LogP) is 2.44. The van der Waals surface area contributed by atoms with E-state index in [-0.39, 0.29) is 18.0 Å². The number of hydrogen-bond acceptors (Lipinski definition) is 1. The number of rotatable bonds is 0. The third-order valence-electron chi connectivity index (χ3n) is 2.99. The highest BCUT2D eigenvalue weighted by molar-refractivity contribution is 5.85. The lowest BCUT2D eigenvalue weighted by molar-refractivity contribution is 0.909. The van der Waals surface area contributed by atoms with Gasteiger partial charge in [0, 0.05) is 16.5 Å². The van der Waals surface area contributed by atoms with E-state index >= 15 is 0 Å². The van der Waals surface area contributed by atoms with Crippen LogP contribution in [0.15, 0.2) is 29.1 Å². The summed E-state index contributed by atoms with van der Waals surface area (Å²) in [6, 6.07) is 8.05. The minimum atomic E-state index is 0. The highest BCUT2D eigenvalue weighted by Gasteiger charge is 2.16. The molecule has 78 valence electrons. The average Bonchev–Trinajstić information content (AvgIpc) is 2.67. The van der Waals surface area contributed by atoms with E-state index < -0.39 is 0 Å². The summed E-state index contributed by atoms with van der Waals surface area (Å²) in [5.41, 5.74) is 3.35. The Labute approximate surface area is 93.7 Å². The molecule has 0 bridgehead atoms. The molecule has 15 heavy (non-hydrogen) atoms. The van der Waals surface area contributed by atoms with Gasteiger partial charge in [-0.15, -0.1) is 12.4 Å². The molecule has 0 saturated heterocycles. The van der Waals surface area contributed by atoms with Crippen LogP contribution < -0.4 is 5.56 Å². The lowest BCUT2D eigenvalue weighted by Crippen LogP contribution is -2.12. The molecule has 0 amide bonds. The minimum absolute atomic E-state index is 0. The molecule has 3 heteroatoms. The molecule has 0 unspecified atom stereocenters. The topological polar surface area (TPSA) is 32.9 Å². The zero-order valence-electron chi connectivity index (χ0n) is 8.25. The average molecular weight is 222 g/mol. The van der Waals surface area contributed by atoms with Gasteiger partial charge in [0.05, 0.1) is 0 Å². The second kappa shape index (κ2) is 3.70. The van der Waals surface area contributed by atoms with Gasteiger partial charge >= 0.3 is 0 Å². The van der Waals surface area contributed by atoms with Crippen LogP contribution in [0.1, 0.15) is 17.5 Å². The molecule has 2 nitrogen and oxygen atoms in total. The van der Waals surface area contributed by atoms with E-state index in [1.54, 1.807) is 0 Å². The van der Waals surface area contributed by atoms with Crippen molar-refractivity contribution in [3.05, 3.63) is 45.7 Å². The summed E-state index contributed by atoms with van der Waals surface area (Å²) in [5, 5.41) is 1.22. The number of aryl methyl sites for hydroxylation is 1. The van der Waals surface area contributed by atoms with Crippen molar-refractivity contribution in [2.45, 2.75) is 19.3 Å². The smallest absolute Gasteiger partial charge is 0.251 e. The molecule has 1 aliphatic carbocycles. The normalized spacial score (nSPS) is 13.6. The molecule has 0 spiro atoms. The fraction of sp³-hybridized carbons (Fsp3) is 0.250. The van der Waals surface area contributed by atoms with Crippen LogP contribution in [0.4, 0.5) is 0 Å². The minimum Gasteiger partial charge on any atom is -0.322 e. The summed E-state index contributed by atoms with van der Waals surface area (Å²) in [7, 11) is 0. The van der Waals surface area contributed by atoms with Crippen molar-refractivity contribution < 1.29 is 0 Å². The number of H-pyrrole nitrogens is 1. The number of para-hydroxylation sites is 1. The second-order valence-corrected chi connectivity index (χ2v) is 3.81. The second-order valence-electron chi connectivity index (χ2n) is 3.81. The summed E-state index contributed by atoms with van der Waals surface area (Å²) < 4.78 is 0. The number of halogens is 1. The van der Waals surface area contributed by atoms with E-state index in [2.05, 4.69) is 11.1 Å². The maximum absolute atomic E-state index is 11.7. The van der Waals surface area contributed by atoms with Gasteiger partial charge in [0.15, 0.2) is 0 Å². The fourth-order valence-corrected chi connectivity index (χ4v) is 2.34. The Hall–Kier alpha value is -1.28. The van der Waals surface area contributed by atoms with E-state index in [0.717, 1.165) is 30.3 Å². The molecule has 1 heterocycles. The zero-order valence-corrected chi connectivity index (χ0v) is 9.06. The number of pyridine rings is 1. The predicted molar refractivity (Wildman–Crippen MR) is 63.8 cm³/mol. The standard InChI is InChI=1S/C12H11NO.ClH/c14-12-10-6-3-5-8(10)9-4-1-2-7-11(9)13-12;/h1-2,4,7H,3,5-6H2,(H,13,14);1H. The van der Waals surface area contributed by atoms with Gasteiger partial charge in [0.25, 0.3) is 5.56 Å². The Morgan fingerprint density at radius 2 is 1.80 bits per heavy atom. The Balaban J connectivity index is 0.000000853. The third kappa shape index (κ3) is 1.45. The number of nitrogens with one attached hydrogen (secondary N) is 1. The highest BCUT2D eigenvalue weighted by atomic mass is 35.5. The van der Waals surface area contributed by atoms with Crippen molar-refractivity contribution in [2.24, 2.45) is 0 Å². The molecule has 3 rings (SSSR count). The molecular weight excluding hydrogens is 210 g/mol. The molecular formula is C12H12ClNO. The van der Waals surface area contributed by atoms with Crippen LogP contribution >= 0.6 is 12.4 Å². The van der Waals surface area contributed by atoms with Crippen LogP contribution in [0.5, 0.6) is 0 Å². The van der Waals surface area contributed by atoms with Crippen molar-refractivity contribution >= 4 is 23.3 Å². The lowest BCUT2D eigenvalue weighted by Gasteiger charge is -2.03. The molecule has 1 aliphatic rings. The molecule has 1 aromatic carbocycles. The van der Waals surface area contributed by atoms with Crippen LogP contribution in [-0.4, -0.2) is 4.98 Å². The SMILES string of the molecule is Cl.O=c1[nH]c2ccccc2c2c1CCC2. The highest BCUT2D eigenvalue weighted by Crippen LogP contribution is 2.25. The fourth-order valence-electron chi connectivity index (χ4n) is 2.34. The quantitative estimate of drug-likeness (QED) is 0.728. The van der Waals surface area contributed by atoms with Crippen molar-refractivity contribution in [3.63, 3.8) is 0 Å². The van der Waals surface area contributed by atoms with Gasteiger partial charge in [-0.05, 0) is 30.9 Å². The van der Waals surface area contributed by atoms with Gasteiger partial charge in [-0.25, -0.2) is 0 Å². The third-order valence-corrected chi connectivity index (χ3v) is 2.99. The largest absolute Gasteiger partial charge is 0.322 e. The molecule has 1 aromatic heterocycles. The summed E-state index contributed by atoms with van der Waals surface area (Å²) in [6.07, 6.45) is 3.11. The van der Waals surface area contributed by atoms with Gasteiger partial charge in [0.2, 0.25) is 0 Å². The molecule has 0 aliphatic heterocycles. The zero-order chi connectivity index (χ0) is 9.54. The van der Waals surface area contributed by atoms with E-state index in [1.807, 2.05) is 18.2 Å². The molecule has 0 atom stereocenters. The van der Waals surface area contributed by atoms with Gasteiger partial charge in [-0.1, -0.05) is 18.2 Å². The first-order valence-electron chi connectivity index (χ1n) is 4.99. The monoisotopic (exact) mass is 221 g/mol. The van der Waals surface area contributed by atoms with Crippen molar-refractivity contribution in [3.8, 4) is 0 Å². The van der Waals surface area contributed by atoms with Gasteiger partial charge in [-0.3, -0.25) is 4.79 Å². The number of aromatic nitrogens is 1. The first kappa shape index (κ1) is 10.2. The molecule has 0 radical (unpaired) electrons. The van der Waals surface area contributed by atoms with Crippen LogP contribution in [0.25, 0.3) is 10.9 Å². The van der Waals surface area contributed by atoms with Crippen LogP contribution in [-0.2, 0) is 12.8 Å². The number of aromatic amines is 1. The molecule has 0 saturated carbocycles. The Kier molecular flexibility index (Phi) is 2.53. The molecule has 2 aromatic rings. The molecule has 1 N–H and O–H groups in total.